The second kappa shape index (κ2) is 4.56. The molecule has 1 N–H and O–H groups in total. The summed E-state index contributed by atoms with van der Waals surface area (Å²) in [5.41, 5.74) is -0.496. The summed E-state index contributed by atoms with van der Waals surface area (Å²) in [4.78, 5) is 26.1. The molecule has 0 aliphatic rings. The van der Waals surface area contributed by atoms with Crippen molar-refractivity contribution in [1.29, 1.82) is 0 Å². The van der Waals surface area contributed by atoms with Crippen LogP contribution in [0.1, 0.15) is 17.3 Å². The molecule has 1 aromatic heterocycles. The van der Waals surface area contributed by atoms with E-state index in [4.69, 9.17) is 5.11 Å². The van der Waals surface area contributed by atoms with Gasteiger partial charge in [-0.15, -0.1) is 0 Å². The highest BCUT2D eigenvalue weighted by atomic mass is 16.6. The SMILES string of the molecule is CCN(C)c1ncc([N+](=O)[O-])cc1C(=O)O. The Kier molecular flexibility index (Phi) is 3.39. The van der Waals surface area contributed by atoms with Gasteiger partial charge in [-0.1, -0.05) is 0 Å². The first-order valence-electron chi connectivity index (χ1n) is 4.56. The van der Waals surface area contributed by atoms with E-state index < -0.39 is 10.9 Å². The number of carboxylic acid groups (broad SMARTS) is 1. The fourth-order valence-corrected chi connectivity index (χ4v) is 1.16. The largest absolute Gasteiger partial charge is 0.478 e. The second-order valence-corrected chi connectivity index (χ2v) is 3.14. The molecule has 0 unspecified atom stereocenters. The summed E-state index contributed by atoms with van der Waals surface area (Å²) in [6, 6.07) is 1.01. The molecule has 1 rings (SSSR count). The van der Waals surface area contributed by atoms with Gasteiger partial charge in [-0.3, -0.25) is 10.1 Å². The third kappa shape index (κ3) is 2.25. The van der Waals surface area contributed by atoms with E-state index >= 15 is 0 Å². The molecule has 7 nitrogen and oxygen atoms in total. The quantitative estimate of drug-likeness (QED) is 0.609. The molecule has 1 aromatic rings. The summed E-state index contributed by atoms with van der Waals surface area (Å²) in [6.07, 6.45) is 1.05. The van der Waals surface area contributed by atoms with E-state index in [9.17, 15) is 14.9 Å². The molecule has 1 heterocycles. The number of hydrogen-bond donors (Lipinski definition) is 1. The number of nitro groups is 1. The highest BCUT2D eigenvalue weighted by molar-refractivity contribution is 5.94. The predicted molar refractivity (Wildman–Crippen MR) is 56.8 cm³/mol. The highest BCUT2D eigenvalue weighted by Crippen LogP contribution is 2.21. The van der Waals surface area contributed by atoms with Crippen LogP contribution in [0, 0.1) is 10.1 Å². The van der Waals surface area contributed by atoms with E-state index in [1.54, 1.807) is 11.9 Å². The van der Waals surface area contributed by atoms with Crippen LogP contribution in [-0.2, 0) is 0 Å². The Balaban J connectivity index is 3.30. The monoisotopic (exact) mass is 225 g/mol. The van der Waals surface area contributed by atoms with Gasteiger partial charge in [0, 0.05) is 19.7 Å². The van der Waals surface area contributed by atoms with Gasteiger partial charge in [0.2, 0.25) is 0 Å². The lowest BCUT2D eigenvalue weighted by Crippen LogP contribution is -2.20. The summed E-state index contributed by atoms with van der Waals surface area (Å²) in [7, 11) is 1.67. The van der Waals surface area contributed by atoms with Crippen LogP contribution < -0.4 is 4.90 Å². The van der Waals surface area contributed by atoms with Crippen LogP contribution >= 0.6 is 0 Å². The third-order valence-corrected chi connectivity index (χ3v) is 2.13. The first-order chi connectivity index (χ1) is 7.47. The maximum Gasteiger partial charge on any atom is 0.339 e. The lowest BCUT2D eigenvalue weighted by molar-refractivity contribution is -0.385. The first kappa shape index (κ1) is 11.9. The average Bonchev–Trinajstić information content (AvgIpc) is 2.26. The topological polar surface area (TPSA) is 96.6 Å². The third-order valence-electron chi connectivity index (χ3n) is 2.13. The molecule has 0 spiro atoms. The number of nitrogens with zero attached hydrogens (tertiary/aromatic N) is 3. The van der Waals surface area contributed by atoms with E-state index in [1.807, 2.05) is 6.92 Å². The molecule has 0 aromatic carbocycles. The van der Waals surface area contributed by atoms with Crippen LogP contribution in [0.5, 0.6) is 0 Å². The Hall–Kier alpha value is -2.18. The summed E-state index contributed by atoms with van der Waals surface area (Å²) in [5, 5.41) is 19.4. The summed E-state index contributed by atoms with van der Waals surface area (Å²) < 4.78 is 0. The molecule has 86 valence electrons. The van der Waals surface area contributed by atoms with Gasteiger partial charge in [0.1, 0.15) is 17.6 Å². The van der Waals surface area contributed by atoms with Gasteiger partial charge < -0.3 is 10.0 Å². The van der Waals surface area contributed by atoms with Crippen LogP contribution in [0.4, 0.5) is 11.5 Å². The minimum Gasteiger partial charge on any atom is -0.478 e. The number of carbonyl (C=O) groups is 1. The van der Waals surface area contributed by atoms with E-state index in [0.29, 0.717) is 6.54 Å². The van der Waals surface area contributed by atoms with Crippen LogP contribution in [0.3, 0.4) is 0 Å². The van der Waals surface area contributed by atoms with Crippen molar-refractivity contribution in [2.45, 2.75) is 6.92 Å². The van der Waals surface area contributed by atoms with Gasteiger partial charge in [0.15, 0.2) is 0 Å². The summed E-state index contributed by atoms with van der Waals surface area (Å²) in [6.45, 7) is 2.39. The van der Waals surface area contributed by atoms with Crippen molar-refractivity contribution in [1.82, 2.24) is 4.98 Å². The molecule has 0 fully saturated rings. The number of aromatic carboxylic acids is 1. The zero-order chi connectivity index (χ0) is 12.3. The molecule has 0 atom stereocenters. The van der Waals surface area contributed by atoms with Gasteiger partial charge in [-0.2, -0.15) is 0 Å². The average molecular weight is 225 g/mol. The molecular formula is C9H11N3O4. The lowest BCUT2D eigenvalue weighted by Gasteiger charge is -2.16. The van der Waals surface area contributed by atoms with Crippen molar-refractivity contribution in [2.75, 3.05) is 18.5 Å². The number of pyridine rings is 1. The number of hydrogen-bond acceptors (Lipinski definition) is 5. The van der Waals surface area contributed by atoms with Crippen LogP contribution in [0.25, 0.3) is 0 Å². The van der Waals surface area contributed by atoms with Crippen molar-refractivity contribution in [3.05, 3.63) is 27.9 Å². The van der Waals surface area contributed by atoms with Gasteiger partial charge in [-0.05, 0) is 6.92 Å². The number of rotatable bonds is 4. The molecular weight excluding hydrogens is 214 g/mol. The smallest absolute Gasteiger partial charge is 0.339 e. The highest BCUT2D eigenvalue weighted by Gasteiger charge is 2.19. The van der Waals surface area contributed by atoms with E-state index in [-0.39, 0.29) is 17.1 Å². The molecule has 0 bridgehead atoms. The fraction of sp³-hybridized carbons (Fsp3) is 0.333. The van der Waals surface area contributed by atoms with Gasteiger partial charge in [0.05, 0.1) is 4.92 Å². The van der Waals surface area contributed by atoms with Crippen LogP contribution in [0.15, 0.2) is 12.3 Å². The van der Waals surface area contributed by atoms with Crippen molar-refractivity contribution < 1.29 is 14.8 Å². The Morgan fingerprint density at radius 3 is 2.75 bits per heavy atom. The molecule has 0 saturated carbocycles. The molecule has 7 heteroatoms. The Bertz CT molecular complexity index is 433. The zero-order valence-corrected chi connectivity index (χ0v) is 8.88. The first-order valence-corrected chi connectivity index (χ1v) is 4.56. The normalized spacial score (nSPS) is 9.88. The maximum absolute atomic E-state index is 10.9. The number of carboxylic acids is 1. The Labute approximate surface area is 91.5 Å². The maximum atomic E-state index is 10.9. The standard InChI is InChI=1S/C9H11N3O4/c1-3-11(2)8-7(9(13)14)4-6(5-10-8)12(15)16/h4-5H,3H2,1-2H3,(H,13,14). The van der Waals surface area contributed by atoms with Crippen molar-refractivity contribution >= 4 is 17.5 Å². The Morgan fingerprint density at radius 2 is 2.31 bits per heavy atom. The zero-order valence-electron chi connectivity index (χ0n) is 8.88. The summed E-state index contributed by atoms with van der Waals surface area (Å²) >= 11 is 0. The minimum absolute atomic E-state index is 0.168. The Morgan fingerprint density at radius 1 is 1.69 bits per heavy atom. The number of aromatic nitrogens is 1. The van der Waals surface area contributed by atoms with Gasteiger partial charge >= 0.3 is 5.97 Å². The predicted octanol–water partition coefficient (Wildman–Crippen LogP) is 1.14. The lowest BCUT2D eigenvalue weighted by atomic mass is 10.2. The van der Waals surface area contributed by atoms with E-state index in [2.05, 4.69) is 4.98 Å². The van der Waals surface area contributed by atoms with Crippen molar-refractivity contribution in [3.63, 3.8) is 0 Å². The van der Waals surface area contributed by atoms with Crippen LogP contribution in [0.2, 0.25) is 0 Å². The molecule has 0 radical (unpaired) electrons. The van der Waals surface area contributed by atoms with E-state index in [0.717, 1.165) is 12.3 Å². The molecule has 16 heavy (non-hydrogen) atoms. The summed E-state index contributed by atoms with van der Waals surface area (Å²) in [5.74, 6) is -1.01. The molecule has 0 aliphatic heterocycles. The molecule has 0 aliphatic carbocycles. The number of anilines is 1. The second-order valence-electron chi connectivity index (χ2n) is 3.14. The van der Waals surface area contributed by atoms with E-state index in [1.165, 1.54) is 0 Å². The van der Waals surface area contributed by atoms with Crippen molar-refractivity contribution in [3.8, 4) is 0 Å². The van der Waals surface area contributed by atoms with Crippen molar-refractivity contribution in [2.24, 2.45) is 0 Å². The minimum atomic E-state index is -1.23. The molecule has 0 amide bonds. The van der Waals surface area contributed by atoms with Gasteiger partial charge in [0.25, 0.3) is 5.69 Å². The fourth-order valence-electron chi connectivity index (χ4n) is 1.16. The molecule has 0 saturated heterocycles. The van der Waals surface area contributed by atoms with Gasteiger partial charge in [-0.25, -0.2) is 9.78 Å². The van der Waals surface area contributed by atoms with Crippen LogP contribution in [-0.4, -0.2) is 34.6 Å².